The molecule has 0 aliphatic heterocycles. The highest BCUT2D eigenvalue weighted by molar-refractivity contribution is 7.92. The number of hydrogen-bond donors (Lipinski definition) is 1. The fraction of sp³-hybridized carbons (Fsp3) is 0.400. The Morgan fingerprint density at radius 3 is 2.38 bits per heavy atom. The van der Waals surface area contributed by atoms with Gasteiger partial charge in [0, 0.05) is 12.6 Å². The van der Waals surface area contributed by atoms with Gasteiger partial charge in [-0.15, -0.1) is 0 Å². The van der Waals surface area contributed by atoms with Crippen LogP contribution < -0.4 is 23.8 Å². The summed E-state index contributed by atoms with van der Waals surface area (Å²) < 4.78 is 44.4. The van der Waals surface area contributed by atoms with Gasteiger partial charge in [-0.2, -0.15) is 0 Å². The lowest BCUT2D eigenvalue weighted by molar-refractivity contribution is -0.119. The number of anilines is 1. The quantitative estimate of drug-likeness (QED) is 0.482. The van der Waals surface area contributed by atoms with Crippen LogP contribution in [0.2, 0.25) is 0 Å². The van der Waals surface area contributed by atoms with Gasteiger partial charge in [-0.25, -0.2) is 8.42 Å². The number of nitrogens with one attached hydrogen (secondary N) is 1. The van der Waals surface area contributed by atoms with Crippen molar-refractivity contribution in [3.63, 3.8) is 0 Å². The van der Waals surface area contributed by atoms with Crippen LogP contribution in [-0.2, 0) is 14.8 Å². The van der Waals surface area contributed by atoms with E-state index in [4.69, 9.17) is 14.2 Å². The zero-order valence-electron chi connectivity index (χ0n) is 19.9. The van der Waals surface area contributed by atoms with Crippen molar-refractivity contribution in [2.45, 2.75) is 37.5 Å². The van der Waals surface area contributed by atoms with E-state index in [1.165, 1.54) is 38.0 Å². The molecule has 1 amide bonds. The number of methoxy groups -OCH3 is 2. The number of hydrogen-bond acceptors (Lipinski definition) is 6. The SMILES string of the molecule is CCOc1ccc(N(CC(=O)NCC2=CCCCC2)S(=O)(=O)c2ccc(OC)c(OC)c2)cc1. The minimum Gasteiger partial charge on any atom is -0.494 e. The van der Waals surface area contributed by atoms with Crippen molar-refractivity contribution in [2.24, 2.45) is 0 Å². The average molecular weight is 489 g/mol. The van der Waals surface area contributed by atoms with E-state index < -0.39 is 10.0 Å². The summed E-state index contributed by atoms with van der Waals surface area (Å²) in [4.78, 5) is 12.8. The maximum absolute atomic E-state index is 13.7. The lowest BCUT2D eigenvalue weighted by Gasteiger charge is -2.25. The number of carbonyl (C=O) groups excluding carboxylic acids is 1. The number of nitrogens with zero attached hydrogens (tertiary/aromatic N) is 1. The summed E-state index contributed by atoms with van der Waals surface area (Å²) in [5.41, 5.74) is 1.53. The van der Waals surface area contributed by atoms with Crippen LogP contribution in [0.3, 0.4) is 0 Å². The predicted octanol–water partition coefficient (Wildman–Crippen LogP) is 3.91. The van der Waals surface area contributed by atoms with Crippen molar-refractivity contribution in [3.05, 3.63) is 54.1 Å². The highest BCUT2D eigenvalue weighted by atomic mass is 32.2. The van der Waals surface area contributed by atoms with Crippen LogP contribution in [0.5, 0.6) is 17.2 Å². The van der Waals surface area contributed by atoms with Crippen molar-refractivity contribution in [1.82, 2.24) is 5.32 Å². The Labute approximate surface area is 201 Å². The van der Waals surface area contributed by atoms with Crippen molar-refractivity contribution in [2.75, 3.05) is 38.2 Å². The molecule has 0 saturated heterocycles. The predicted molar refractivity (Wildman–Crippen MR) is 131 cm³/mol. The van der Waals surface area contributed by atoms with Crippen LogP contribution in [0.1, 0.15) is 32.6 Å². The highest BCUT2D eigenvalue weighted by Gasteiger charge is 2.28. The molecule has 34 heavy (non-hydrogen) atoms. The molecule has 2 aromatic rings. The first-order valence-electron chi connectivity index (χ1n) is 11.3. The summed E-state index contributed by atoms with van der Waals surface area (Å²) in [5.74, 6) is 0.921. The van der Waals surface area contributed by atoms with Gasteiger partial charge in [0.1, 0.15) is 12.3 Å². The summed E-state index contributed by atoms with van der Waals surface area (Å²) in [7, 11) is -1.18. The number of allylic oxidation sites excluding steroid dienone is 1. The molecular weight excluding hydrogens is 456 g/mol. The molecule has 1 aliphatic rings. The third kappa shape index (κ3) is 6.22. The molecule has 9 heteroatoms. The molecule has 0 unspecified atom stereocenters. The molecule has 0 radical (unpaired) electrons. The van der Waals surface area contributed by atoms with Gasteiger partial charge < -0.3 is 19.5 Å². The maximum Gasteiger partial charge on any atom is 0.264 e. The summed E-state index contributed by atoms with van der Waals surface area (Å²) in [5, 5.41) is 2.87. The standard InChI is InChI=1S/C25H32N2O6S/c1-4-33-21-12-10-20(11-13-21)27(18-25(28)26-17-19-8-6-5-7-9-19)34(29,30)22-14-15-23(31-2)24(16-22)32-3/h8,10-16H,4-7,9,17-18H2,1-3H3,(H,26,28). The highest BCUT2D eigenvalue weighted by Crippen LogP contribution is 2.32. The summed E-state index contributed by atoms with van der Waals surface area (Å²) >= 11 is 0. The first-order valence-corrected chi connectivity index (χ1v) is 12.7. The number of amides is 1. The van der Waals surface area contributed by atoms with Crippen LogP contribution in [-0.4, -0.2) is 48.2 Å². The van der Waals surface area contributed by atoms with Crippen LogP contribution >= 0.6 is 0 Å². The molecule has 2 aromatic carbocycles. The minimum absolute atomic E-state index is 0.0122. The van der Waals surface area contributed by atoms with Gasteiger partial charge in [0.2, 0.25) is 5.91 Å². The fourth-order valence-electron chi connectivity index (χ4n) is 3.76. The Morgan fingerprint density at radius 2 is 1.76 bits per heavy atom. The molecule has 0 fully saturated rings. The smallest absolute Gasteiger partial charge is 0.264 e. The molecule has 0 saturated carbocycles. The van der Waals surface area contributed by atoms with Crippen molar-refractivity contribution < 1.29 is 27.4 Å². The summed E-state index contributed by atoms with van der Waals surface area (Å²) in [6.45, 7) is 2.42. The van der Waals surface area contributed by atoms with Gasteiger partial charge in [0.05, 0.1) is 31.4 Å². The van der Waals surface area contributed by atoms with Crippen LogP contribution in [0, 0.1) is 0 Å². The van der Waals surface area contributed by atoms with E-state index in [2.05, 4.69) is 11.4 Å². The molecule has 3 rings (SSSR count). The molecule has 0 aromatic heterocycles. The number of carbonyl (C=O) groups is 1. The fourth-order valence-corrected chi connectivity index (χ4v) is 5.20. The largest absolute Gasteiger partial charge is 0.494 e. The van der Waals surface area contributed by atoms with E-state index >= 15 is 0 Å². The van der Waals surface area contributed by atoms with E-state index in [-0.39, 0.29) is 23.1 Å². The number of ether oxygens (including phenoxy) is 3. The van der Waals surface area contributed by atoms with Crippen LogP contribution in [0.15, 0.2) is 59.0 Å². The summed E-state index contributed by atoms with van der Waals surface area (Å²) in [6.07, 6.45) is 6.37. The third-order valence-corrected chi connectivity index (χ3v) is 7.33. The second-order valence-electron chi connectivity index (χ2n) is 7.84. The van der Waals surface area contributed by atoms with Gasteiger partial charge >= 0.3 is 0 Å². The van der Waals surface area contributed by atoms with Crippen LogP contribution in [0.25, 0.3) is 0 Å². The molecular formula is C25H32N2O6S. The second kappa shape index (κ2) is 11.8. The zero-order valence-corrected chi connectivity index (χ0v) is 20.7. The van der Waals surface area contributed by atoms with E-state index in [0.29, 0.717) is 30.3 Å². The lowest BCUT2D eigenvalue weighted by atomic mass is 10.00. The number of rotatable bonds is 11. The molecule has 184 valence electrons. The topological polar surface area (TPSA) is 94.2 Å². The summed E-state index contributed by atoms with van der Waals surface area (Å²) in [6, 6.07) is 11.0. The second-order valence-corrected chi connectivity index (χ2v) is 9.70. The Bertz CT molecular complexity index is 1110. The van der Waals surface area contributed by atoms with Gasteiger partial charge in [-0.1, -0.05) is 11.6 Å². The van der Waals surface area contributed by atoms with E-state index in [9.17, 15) is 13.2 Å². The first kappa shape index (κ1) is 25.4. The molecule has 1 aliphatic carbocycles. The Hall–Kier alpha value is -3.20. The maximum atomic E-state index is 13.7. The molecule has 0 heterocycles. The lowest BCUT2D eigenvalue weighted by Crippen LogP contribution is -2.41. The van der Waals surface area contributed by atoms with E-state index in [0.717, 1.165) is 30.0 Å². The Morgan fingerprint density at radius 1 is 1.03 bits per heavy atom. The van der Waals surface area contributed by atoms with Gasteiger partial charge in [-0.05, 0) is 69.0 Å². The number of benzene rings is 2. The van der Waals surface area contributed by atoms with Crippen molar-refractivity contribution in [1.29, 1.82) is 0 Å². The molecule has 0 bridgehead atoms. The normalized spacial score (nSPS) is 13.6. The van der Waals surface area contributed by atoms with Crippen molar-refractivity contribution in [3.8, 4) is 17.2 Å². The number of sulfonamides is 1. The molecule has 1 N–H and O–H groups in total. The first-order chi connectivity index (χ1) is 16.4. The van der Waals surface area contributed by atoms with Crippen LogP contribution in [0.4, 0.5) is 5.69 Å². The van der Waals surface area contributed by atoms with E-state index in [1.807, 2.05) is 6.92 Å². The molecule has 0 atom stereocenters. The van der Waals surface area contributed by atoms with Crippen molar-refractivity contribution >= 4 is 21.6 Å². The minimum atomic E-state index is -4.09. The molecule has 0 spiro atoms. The molecule has 8 nitrogen and oxygen atoms in total. The van der Waals surface area contributed by atoms with E-state index in [1.54, 1.807) is 24.3 Å². The Balaban J connectivity index is 1.90. The van der Waals surface area contributed by atoms with Gasteiger partial charge in [0.15, 0.2) is 11.5 Å². The zero-order chi connectivity index (χ0) is 24.6. The monoisotopic (exact) mass is 488 g/mol. The average Bonchev–Trinajstić information content (AvgIpc) is 2.87. The third-order valence-electron chi connectivity index (χ3n) is 5.56. The van der Waals surface area contributed by atoms with Gasteiger partial charge in [-0.3, -0.25) is 9.10 Å². The van der Waals surface area contributed by atoms with Gasteiger partial charge in [0.25, 0.3) is 10.0 Å². The Kier molecular flexibility index (Phi) is 8.81.